The molecule has 0 aliphatic carbocycles. The van der Waals surface area contributed by atoms with Crippen molar-refractivity contribution in [3.8, 4) is 29.0 Å². The van der Waals surface area contributed by atoms with Crippen LogP contribution in [-0.4, -0.2) is 45.5 Å². The van der Waals surface area contributed by atoms with E-state index in [1.165, 1.54) is 18.2 Å². The predicted octanol–water partition coefficient (Wildman–Crippen LogP) is 5.45. The van der Waals surface area contributed by atoms with Crippen LogP contribution >= 0.6 is 0 Å². The fourth-order valence-electron chi connectivity index (χ4n) is 2.90. The molecule has 2 heterocycles. The zero-order valence-corrected chi connectivity index (χ0v) is 20.3. The number of halogens is 3. The molecule has 0 unspecified atom stereocenters. The molecule has 0 aliphatic heterocycles. The molecule has 0 saturated heterocycles. The Bertz CT molecular complexity index is 1280. The number of nitrogen functional groups attached to an aromatic ring is 1. The first-order chi connectivity index (χ1) is 17.8. The van der Waals surface area contributed by atoms with Crippen molar-refractivity contribution in [3.63, 3.8) is 0 Å². The molecule has 4 aromatic rings. The van der Waals surface area contributed by atoms with Gasteiger partial charge in [0.05, 0.1) is 12.2 Å². The van der Waals surface area contributed by atoms with Crippen molar-refractivity contribution in [2.75, 3.05) is 31.4 Å². The van der Waals surface area contributed by atoms with Gasteiger partial charge in [0.2, 0.25) is 11.8 Å². The Labute approximate surface area is 211 Å². The van der Waals surface area contributed by atoms with Gasteiger partial charge in [0.25, 0.3) is 0 Å². The van der Waals surface area contributed by atoms with E-state index in [0.717, 1.165) is 12.1 Å². The number of hydrogen-bond donors (Lipinski definition) is 3. The maximum absolute atomic E-state index is 12.9. The molecular weight excluding hydrogens is 491 g/mol. The van der Waals surface area contributed by atoms with E-state index in [1.807, 2.05) is 13.8 Å². The molecule has 2 aromatic carbocycles. The van der Waals surface area contributed by atoms with Crippen molar-refractivity contribution in [2.24, 2.45) is 0 Å². The average molecular weight is 518 g/mol. The summed E-state index contributed by atoms with van der Waals surface area (Å²) in [4.78, 5) is 12.4. The van der Waals surface area contributed by atoms with Crippen LogP contribution in [0.2, 0.25) is 0 Å². The van der Waals surface area contributed by atoms with Gasteiger partial charge in [0.1, 0.15) is 18.2 Å². The van der Waals surface area contributed by atoms with E-state index in [1.54, 1.807) is 31.4 Å². The number of nitrogens with two attached hydrogens (primary N) is 1. The maximum atomic E-state index is 12.9. The van der Waals surface area contributed by atoms with E-state index in [9.17, 15) is 13.2 Å². The molecule has 0 bridgehead atoms. The van der Waals surface area contributed by atoms with E-state index in [4.69, 9.17) is 19.9 Å². The normalized spacial score (nSPS) is 10.9. The van der Waals surface area contributed by atoms with Crippen LogP contribution in [0.1, 0.15) is 19.4 Å². The average Bonchev–Trinajstić information content (AvgIpc) is 3.34. The summed E-state index contributed by atoms with van der Waals surface area (Å²) in [6, 6.07) is 13.1. The molecule has 196 valence electrons. The minimum absolute atomic E-state index is 0.0659. The van der Waals surface area contributed by atoms with Gasteiger partial charge in [-0.25, -0.2) is 0 Å². The summed E-state index contributed by atoms with van der Waals surface area (Å²) in [7, 11) is 1.55. The Morgan fingerprint density at radius 1 is 0.973 bits per heavy atom. The van der Waals surface area contributed by atoms with Crippen LogP contribution in [0.25, 0.3) is 11.4 Å². The predicted molar refractivity (Wildman–Crippen MR) is 132 cm³/mol. The Morgan fingerprint density at radius 2 is 1.73 bits per heavy atom. The lowest BCUT2D eigenvalue weighted by molar-refractivity contribution is -0.137. The summed E-state index contributed by atoms with van der Waals surface area (Å²) >= 11 is 0. The number of aromatic nitrogens is 5. The first-order valence-electron chi connectivity index (χ1n) is 11.2. The van der Waals surface area contributed by atoms with Crippen LogP contribution in [0.15, 0.2) is 54.6 Å². The molecule has 2 aromatic heterocycles. The highest BCUT2D eigenvalue weighted by Crippen LogP contribution is 2.31. The summed E-state index contributed by atoms with van der Waals surface area (Å²) in [5, 5.41) is 9.51. The van der Waals surface area contributed by atoms with Crippen LogP contribution in [-0.2, 0) is 10.9 Å². The van der Waals surface area contributed by atoms with Crippen molar-refractivity contribution in [3.05, 3.63) is 60.2 Å². The largest absolute Gasteiger partial charge is 0.461 e. The number of nitrogens with zero attached hydrogens (tertiary/aromatic N) is 4. The molecule has 10 nitrogen and oxygen atoms in total. The Hall–Kier alpha value is -4.39. The second kappa shape index (κ2) is 12.5. The lowest BCUT2D eigenvalue weighted by Gasteiger charge is -2.09. The zero-order valence-electron chi connectivity index (χ0n) is 20.3. The van der Waals surface area contributed by atoms with Gasteiger partial charge >= 0.3 is 12.2 Å². The Kier molecular flexibility index (Phi) is 9.21. The lowest BCUT2D eigenvalue weighted by atomic mass is 10.2. The van der Waals surface area contributed by atoms with Crippen LogP contribution in [0.5, 0.6) is 17.6 Å². The number of H-pyrrole nitrogens is 1. The Morgan fingerprint density at radius 3 is 2.43 bits per heavy atom. The van der Waals surface area contributed by atoms with Gasteiger partial charge in [-0.3, -0.25) is 5.10 Å². The second-order valence-electron chi connectivity index (χ2n) is 7.09. The van der Waals surface area contributed by atoms with Gasteiger partial charge in [-0.2, -0.15) is 28.1 Å². The highest BCUT2D eigenvalue weighted by atomic mass is 19.4. The smallest absolute Gasteiger partial charge is 0.416 e. The van der Waals surface area contributed by atoms with E-state index in [2.05, 4.69) is 30.5 Å². The van der Waals surface area contributed by atoms with Crippen molar-refractivity contribution >= 4 is 17.5 Å². The van der Waals surface area contributed by atoms with Gasteiger partial charge in [-0.05, 0) is 42.5 Å². The lowest BCUT2D eigenvalue weighted by Crippen LogP contribution is -2.08. The zero-order chi connectivity index (χ0) is 26.8. The van der Waals surface area contributed by atoms with E-state index in [-0.39, 0.29) is 36.0 Å². The highest BCUT2D eigenvalue weighted by molar-refractivity contribution is 5.60. The third kappa shape index (κ3) is 7.80. The van der Waals surface area contributed by atoms with Gasteiger partial charge in [0, 0.05) is 24.4 Å². The van der Waals surface area contributed by atoms with Crippen LogP contribution in [0.4, 0.5) is 30.6 Å². The van der Waals surface area contributed by atoms with Gasteiger partial charge in [-0.15, -0.1) is 5.10 Å². The molecule has 0 amide bonds. The van der Waals surface area contributed by atoms with Crippen molar-refractivity contribution in [1.29, 1.82) is 0 Å². The SMILES string of the molecule is CC.COCCOc1nc(N)cc(Oc2ccc(-c3nc(Nc4cccc(C(F)(F)F)c4)n[nH]3)cc2)n1. The van der Waals surface area contributed by atoms with E-state index < -0.39 is 11.7 Å². The number of aromatic amines is 1. The van der Waals surface area contributed by atoms with Crippen LogP contribution < -0.4 is 20.5 Å². The van der Waals surface area contributed by atoms with Gasteiger partial charge in [-0.1, -0.05) is 19.9 Å². The molecule has 0 aliphatic rings. The number of rotatable bonds is 9. The number of hydrogen-bond acceptors (Lipinski definition) is 9. The van der Waals surface area contributed by atoms with Crippen molar-refractivity contribution in [2.45, 2.75) is 20.0 Å². The van der Waals surface area contributed by atoms with E-state index in [0.29, 0.717) is 23.7 Å². The topological polar surface area (TPSA) is 133 Å². The van der Waals surface area contributed by atoms with Gasteiger partial charge < -0.3 is 25.3 Å². The molecule has 0 saturated carbocycles. The molecule has 4 N–H and O–H groups in total. The van der Waals surface area contributed by atoms with Crippen molar-refractivity contribution < 1.29 is 27.4 Å². The van der Waals surface area contributed by atoms with Crippen LogP contribution in [0, 0.1) is 0 Å². The quantitative estimate of drug-likeness (QED) is 0.248. The summed E-state index contributed by atoms with van der Waals surface area (Å²) in [6.45, 7) is 4.63. The summed E-state index contributed by atoms with van der Waals surface area (Å²) in [5.41, 5.74) is 5.90. The molecule has 4 rings (SSSR count). The molecule has 0 radical (unpaired) electrons. The summed E-state index contributed by atoms with van der Waals surface area (Å²) < 4.78 is 54.7. The number of alkyl halides is 3. The highest BCUT2D eigenvalue weighted by Gasteiger charge is 2.30. The minimum atomic E-state index is -4.44. The maximum Gasteiger partial charge on any atom is 0.416 e. The molecular formula is C24H26F3N7O3. The molecule has 37 heavy (non-hydrogen) atoms. The number of methoxy groups -OCH3 is 1. The standard InChI is InChI=1S/C22H20F3N7O3.C2H6/c1-33-9-10-34-21-28-17(26)12-18(29-21)35-16-7-5-13(6-8-16)19-30-20(32-31-19)27-15-4-2-3-14(11-15)22(23,24)25;1-2/h2-8,11-12H,9-10H2,1H3,(H2,26,28,29)(H2,27,30,31,32);1-2H3. The minimum Gasteiger partial charge on any atom is -0.461 e. The fraction of sp³-hybridized carbons (Fsp3) is 0.250. The Balaban J connectivity index is 0.00000186. The third-order valence-corrected chi connectivity index (χ3v) is 4.50. The van der Waals surface area contributed by atoms with Gasteiger partial charge in [0.15, 0.2) is 5.82 Å². The molecule has 0 fully saturated rings. The van der Waals surface area contributed by atoms with Crippen molar-refractivity contribution in [1.82, 2.24) is 25.1 Å². The second-order valence-corrected chi connectivity index (χ2v) is 7.09. The van der Waals surface area contributed by atoms with Crippen LogP contribution in [0.3, 0.4) is 0 Å². The number of benzene rings is 2. The number of ether oxygens (including phenoxy) is 3. The number of anilines is 3. The summed E-state index contributed by atoms with van der Waals surface area (Å²) in [6.07, 6.45) is -4.44. The summed E-state index contributed by atoms with van der Waals surface area (Å²) in [5.74, 6) is 1.38. The fourth-order valence-corrected chi connectivity index (χ4v) is 2.90. The first-order valence-corrected chi connectivity index (χ1v) is 11.2. The number of nitrogens with one attached hydrogen (secondary N) is 2. The first kappa shape index (κ1) is 27.2. The molecule has 13 heteroatoms. The molecule has 0 spiro atoms. The third-order valence-electron chi connectivity index (χ3n) is 4.50. The van der Waals surface area contributed by atoms with E-state index >= 15 is 0 Å². The molecule has 0 atom stereocenters. The monoisotopic (exact) mass is 517 g/mol.